The van der Waals surface area contributed by atoms with Crippen molar-refractivity contribution < 1.29 is 18.6 Å². The fourth-order valence-electron chi connectivity index (χ4n) is 7.83. The van der Waals surface area contributed by atoms with Crippen molar-refractivity contribution >= 4 is 39.1 Å². The molecule has 2 bridgehead atoms. The highest BCUT2D eigenvalue weighted by Gasteiger charge is 2.49. The summed E-state index contributed by atoms with van der Waals surface area (Å²) in [6.45, 7) is 3.03. The fraction of sp³-hybridized carbons (Fsp3) is 0.438. The molecule has 4 fully saturated rings. The van der Waals surface area contributed by atoms with E-state index < -0.39 is 12.0 Å². The van der Waals surface area contributed by atoms with Gasteiger partial charge in [0.2, 0.25) is 0 Å². The van der Waals surface area contributed by atoms with Crippen LogP contribution in [0.4, 0.5) is 14.6 Å². The Bertz CT molecular complexity index is 1710. The number of ether oxygens (including phenoxy) is 1. The van der Waals surface area contributed by atoms with Crippen LogP contribution in [0.5, 0.6) is 11.8 Å². The standard InChI is InChI=1S/C32H32ClF2N5O2/c33-25-12-24-29(28(35)27(25)23-8-9-26(41)22-5-2-1-4-21(22)23)37-31(38-30(24)39-15-19-6-7-20(16-39)36-19)42-17-32-10-3-11-40(32)14-18(34)13-32/h1-2,4-5,8-9,12,18-20,36,41H,3,6-7,10-11,13-17H2/t18-,19?,20?,32+/m1/s1. The number of aromatic nitrogens is 2. The predicted octanol–water partition coefficient (Wildman–Crippen LogP) is 5.84. The second-order valence-electron chi connectivity index (χ2n) is 12.4. The largest absolute Gasteiger partial charge is 0.507 e. The lowest BCUT2D eigenvalue weighted by molar-refractivity contribution is 0.107. The quantitative estimate of drug-likeness (QED) is 0.302. The Morgan fingerprint density at radius 2 is 1.83 bits per heavy atom. The SMILES string of the molecule is Oc1ccc(-c2c(Cl)cc3c(N4CC5CCC(C4)N5)nc(OC[C@@]45CCCN4C[C@H](F)C5)nc3c2F)c2ccccc12. The molecule has 0 radical (unpaired) electrons. The zero-order valence-corrected chi connectivity index (χ0v) is 23.9. The number of halogens is 3. The summed E-state index contributed by atoms with van der Waals surface area (Å²) < 4.78 is 37.4. The van der Waals surface area contributed by atoms with Crippen LogP contribution in [0.3, 0.4) is 0 Å². The number of alkyl halides is 1. The number of rotatable bonds is 5. The molecule has 4 aliphatic rings. The fourth-order valence-corrected chi connectivity index (χ4v) is 8.12. The van der Waals surface area contributed by atoms with Crippen molar-refractivity contribution in [2.24, 2.45) is 0 Å². The number of phenolic OH excluding ortho intramolecular Hbond substituents is 1. The van der Waals surface area contributed by atoms with Crippen molar-refractivity contribution in [3.63, 3.8) is 0 Å². The van der Waals surface area contributed by atoms with Crippen LogP contribution in [0, 0.1) is 5.82 Å². The number of nitrogens with zero attached hydrogens (tertiary/aromatic N) is 4. The molecule has 5 heterocycles. The minimum absolute atomic E-state index is 0.0923. The number of hydrogen-bond acceptors (Lipinski definition) is 7. The van der Waals surface area contributed by atoms with E-state index in [-0.39, 0.29) is 40.0 Å². The third kappa shape index (κ3) is 4.19. The van der Waals surface area contributed by atoms with Gasteiger partial charge in [-0.1, -0.05) is 35.9 Å². The van der Waals surface area contributed by atoms with Crippen LogP contribution in [0.1, 0.15) is 32.1 Å². The highest BCUT2D eigenvalue weighted by atomic mass is 35.5. The Balaban J connectivity index is 1.27. The molecule has 4 atom stereocenters. The van der Waals surface area contributed by atoms with Gasteiger partial charge < -0.3 is 20.1 Å². The molecular weight excluding hydrogens is 560 g/mol. The van der Waals surface area contributed by atoms with E-state index in [2.05, 4.69) is 20.1 Å². The van der Waals surface area contributed by atoms with Crippen LogP contribution < -0.4 is 15.0 Å². The number of phenols is 1. The lowest BCUT2D eigenvalue weighted by Crippen LogP contribution is -2.51. The number of nitrogens with one attached hydrogen (secondary N) is 1. The van der Waals surface area contributed by atoms with Crippen molar-refractivity contribution in [1.82, 2.24) is 20.2 Å². The summed E-state index contributed by atoms with van der Waals surface area (Å²) in [6, 6.07) is 13.1. The van der Waals surface area contributed by atoms with E-state index in [4.69, 9.17) is 21.3 Å². The van der Waals surface area contributed by atoms with Crippen molar-refractivity contribution in [2.75, 3.05) is 37.7 Å². The molecule has 42 heavy (non-hydrogen) atoms. The second-order valence-corrected chi connectivity index (χ2v) is 12.8. The first-order chi connectivity index (χ1) is 20.4. The highest BCUT2D eigenvalue weighted by Crippen LogP contribution is 2.44. The van der Waals surface area contributed by atoms with Crippen molar-refractivity contribution in [3.8, 4) is 22.9 Å². The molecule has 7 nitrogen and oxygen atoms in total. The molecule has 10 heteroatoms. The summed E-state index contributed by atoms with van der Waals surface area (Å²) in [6.07, 6.45) is 3.59. The van der Waals surface area contributed by atoms with Crippen molar-refractivity contribution in [1.29, 1.82) is 0 Å². The monoisotopic (exact) mass is 591 g/mol. The highest BCUT2D eigenvalue weighted by molar-refractivity contribution is 6.35. The third-order valence-electron chi connectivity index (χ3n) is 9.76. The number of aromatic hydroxyl groups is 1. The molecule has 218 valence electrons. The molecule has 1 aromatic heterocycles. The Morgan fingerprint density at radius 3 is 2.64 bits per heavy atom. The second kappa shape index (κ2) is 9.89. The maximum atomic E-state index is 16.8. The average molecular weight is 592 g/mol. The van der Waals surface area contributed by atoms with Gasteiger partial charge in [-0.3, -0.25) is 4.90 Å². The van der Waals surface area contributed by atoms with Gasteiger partial charge in [0, 0.05) is 54.5 Å². The van der Waals surface area contributed by atoms with Gasteiger partial charge in [-0.05, 0) is 61.4 Å². The molecule has 0 aliphatic carbocycles. The van der Waals surface area contributed by atoms with E-state index in [0.717, 1.165) is 45.3 Å². The first-order valence-electron chi connectivity index (χ1n) is 14.8. The summed E-state index contributed by atoms with van der Waals surface area (Å²) in [5.74, 6) is 0.153. The van der Waals surface area contributed by atoms with Gasteiger partial charge in [-0.15, -0.1) is 0 Å². The van der Waals surface area contributed by atoms with Gasteiger partial charge in [-0.25, -0.2) is 8.78 Å². The predicted molar refractivity (Wildman–Crippen MR) is 160 cm³/mol. The Hall–Kier alpha value is -3.27. The van der Waals surface area contributed by atoms with Crippen LogP contribution in [-0.2, 0) is 0 Å². The summed E-state index contributed by atoms with van der Waals surface area (Å²) in [5, 5.41) is 16.2. The summed E-state index contributed by atoms with van der Waals surface area (Å²) in [4.78, 5) is 13.9. The summed E-state index contributed by atoms with van der Waals surface area (Å²) >= 11 is 6.86. The first-order valence-corrected chi connectivity index (χ1v) is 15.2. The van der Waals surface area contributed by atoms with Crippen molar-refractivity contribution in [3.05, 3.63) is 53.3 Å². The van der Waals surface area contributed by atoms with E-state index in [0.29, 0.717) is 52.6 Å². The normalized spacial score (nSPS) is 27.3. The van der Waals surface area contributed by atoms with E-state index in [1.54, 1.807) is 24.3 Å². The molecule has 2 N–H and O–H groups in total. The smallest absolute Gasteiger partial charge is 0.319 e. The number of piperazine rings is 1. The maximum Gasteiger partial charge on any atom is 0.319 e. The molecule has 4 aliphatic heterocycles. The zero-order chi connectivity index (χ0) is 28.6. The topological polar surface area (TPSA) is 73.8 Å². The van der Waals surface area contributed by atoms with Gasteiger partial charge in [-0.2, -0.15) is 9.97 Å². The summed E-state index contributed by atoms with van der Waals surface area (Å²) in [7, 11) is 0. The molecule has 0 saturated carbocycles. The van der Waals surface area contributed by atoms with Gasteiger partial charge in [0.1, 0.15) is 29.9 Å². The number of anilines is 1. The van der Waals surface area contributed by atoms with Gasteiger partial charge in [0.25, 0.3) is 0 Å². The molecule has 4 aromatic rings. The molecule has 4 saturated heterocycles. The van der Waals surface area contributed by atoms with Gasteiger partial charge in [0.05, 0.1) is 10.6 Å². The van der Waals surface area contributed by atoms with E-state index in [1.165, 1.54) is 0 Å². The molecule has 8 rings (SSSR count). The van der Waals surface area contributed by atoms with Gasteiger partial charge in [0.15, 0.2) is 5.82 Å². The average Bonchev–Trinajstić information content (AvgIpc) is 3.63. The van der Waals surface area contributed by atoms with Crippen LogP contribution in [-0.4, -0.2) is 76.6 Å². The zero-order valence-electron chi connectivity index (χ0n) is 23.1. The third-order valence-corrected chi connectivity index (χ3v) is 10.1. The lowest BCUT2D eigenvalue weighted by Gasteiger charge is -2.34. The number of hydrogen-bond donors (Lipinski definition) is 2. The minimum atomic E-state index is -0.874. The molecule has 0 spiro atoms. The number of benzene rings is 3. The summed E-state index contributed by atoms with van der Waals surface area (Å²) in [5.41, 5.74) is 0.540. The van der Waals surface area contributed by atoms with E-state index in [1.807, 2.05) is 18.2 Å². The maximum absolute atomic E-state index is 16.8. The lowest BCUT2D eigenvalue weighted by atomic mass is 9.95. The molecule has 2 unspecified atom stereocenters. The minimum Gasteiger partial charge on any atom is -0.507 e. The Kier molecular flexibility index (Phi) is 6.21. The molecule has 0 amide bonds. The first kappa shape index (κ1) is 26.4. The molecular formula is C32H32ClF2N5O2. The van der Waals surface area contributed by atoms with Crippen LogP contribution in [0.25, 0.3) is 32.8 Å². The Labute approximate surface area is 247 Å². The van der Waals surface area contributed by atoms with Crippen LogP contribution in [0.15, 0.2) is 42.5 Å². The van der Waals surface area contributed by atoms with Gasteiger partial charge >= 0.3 is 6.01 Å². The Morgan fingerprint density at radius 1 is 1.05 bits per heavy atom. The van der Waals surface area contributed by atoms with Crippen LogP contribution >= 0.6 is 11.6 Å². The molecule has 3 aromatic carbocycles. The van der Waals surface area contributed by atoms with E-state index >= 15 is 4.39 Å². The van der Waals surface area contributed by atoms with E-state index in [9.17, 15) is 9.50 Å². The number of fused-ring (bicyclic) bond motifs is 5. The van der Waals surface area contributed by atoms with Crippen molar-refractivity contribution in [2.45, 2.75) is 55.9 Å². The van der Waals surface area contributed by atoms with Crippen LogP contribution in [0.2, 0.25) is 5.02 Å².